The summed E-state index contributed by atoms with van der Waals surface area (Å²) in [5, 5.41) is 5.66. The van der Waals surface area contributed by atoms with Crippen LogP contribution in [0.1, 0.15) is 26.3 Å². The summed E-state index contributed by atoms with van der Waals surface area (Å²) in [7, 11) is 1.58. The Morgan fingerprint density at radius 1 is 0.741 bits per heavy atom. The molecule has 0 atom stereocenters. The molecule has 0 bridgehead atoms. The molecule has 2 amide bonds. The van der Waals surface area contributed by atoms with E-state index in [0.717, 1.165) is 5.56 Å². The van der Waals surface area contributed by atoms with Crippen molar-refractivity contribution in [1.82, 2.24) is 0 Å². The maximum atomic E-state index is 12.7. The molecule has 3 aromatic rings. The number of ether oxygens (including phenoxy) is 1. The first-order chi connectivity index (χ1) is 13.1. The second-order valence-electron chi connectivity index (χ2n) is 6.00. The van der Waals surface area contributed by atoms with E-state index in [0.29, 0.717) is 28.3 Å². The summed E-state index contributed by atoms with van der Waals surface area (Å²) in [6, 6.07) is 21.3. The number of amides is 2. The van der Waals surface area contributed by atoms with Crippen LogP contribution in [-0.2, 0) is 0 Å². The molecule has 0 aliphatic carbocycles. The topological polar surface area (TPSA) is 67.4 Å². The molecule has 0 spiro atoms. The van der Waals surface area contributed by atoms with E-state index in [4.69, 9.17) is 4.74 Å². The molecule has 0 radical (unpaired) electrons. The van der Waals surface area contributed by atoms with Crippen LogP contribution in [0.25, 0.3) is 0 Å². The van der Waals surface area contributed by atoms with Gasteiger partial charge in [0.1, 0.15) is 5.75 Å². The standard InChI is InChI=1S/C22H20N2O3/c1-15-7-3-4-8-18(15)21(25)24-20-10-6-5-9-19(20)22(26)23-16-11-13-17(27-2)14-12-16/h3-14H,1-2H3,(H,23,26)(H,24,25). The van der Waals surface area contributed by atoms with Gasteiger partial charge in [0.15, 0.2) is 0 Å². The molecule has 136 valence electrons. The van der Waals surface area contributed by atoms with Crippen molar-refractivity contribution in [3.8, 4) is 5.75 Å². The SMILES string of the molecule is COc1ccc(NC(=O)c2ccccc2NC(=O)c2ccccc2C)cc1. The summed E-state index contributed by atoms with van der Waals surface area (Å²) in [6.07, 6.45) is 0. The molecular weight excluding hydrogens is 340 g/mol. The van der Waals surface area contributed by atoms with Gasteiger partial charge in [-0.25, -0.2) is 0 Å². The van der Waals surface area contributed by atoms with E-state index in [1.54, 1.807) is 61.7 Å². The molecule has 2 N–H and O–H groups in total. The number of hydrogen-bond acceptors (Lipinski definition) is 3. The average Bonchev–Trinajstić information content (AvgIpc) is 2.69. The molecule has 0 saturated carbocycles. The molecule has 3 aromatic carbocycles. The van der Waals surface area contributed by atoms with E-state index in [1.165, 1.54) is 0 Å². The van der Waals surface area contributed by atoms with Crippen molar-refractivity contribution in [2.75, 3.05) is 17.7 Å². The Morgan fingerprint density at radius 2 is 1.33 bits per heavy atom. The highest BCUT2D eigenvalue weighted by molar-refractivity contribution is 6.12. The minimum Gasteiger partial charge on any atom is -0.497 e. The van der Waals surface area contributed by atoms with Crippen LogP contribution in [0.15, 0.2) is 72.8 Å². The Bertz CT molecular complexity index is 965. The Labute approximate surface area is 158 Å². The summed E-state index contributed by atoms with van der Waals surface area (Å²) in [5.74, 6) is 0.151. The van der Waals surface area contributed by atoms with Crippen LogP contribution < -0.4 is 15.4 Å². The third-order valence-electron chi connectivity index (χ3n) is 4.16. The van der Waals surface area contributed by atoms with Gasteiger partial charge in [-0.3, -0.25) is 9.59 Å². The third-order valence-corrected chi connectivity index (χ3v) is 4.16. The van der Waals surface area contributed by atoms with Crippen LogP contribution >= 0.6 is 0 Å². The van der Waals surface area contributed by atoms with Gasteiger partial charge in [-0.2, -0.15) is 0 Å². The highest BCUT2D eigenvalue weighted by Crippen LogP contribution is 2.20. The second kappa shape index (κ2) is 8.19. The molecular formula is C22H20N2O3. The quantitative estimate of drug-likeness (QED) is 0.703. The highest BCUT2D eigenvalue weighted by atomic mass is 16.5. The monoisotopic (exact) mass is 360 g/mol. The minimum absolute atomic E-state index is 0.252. The lowest BCUT2D eigenvalue weighted by atomic mass is 10.1. The first-order valence-corrected chi connectivity index (χ1v) is 8.50. The van der Waals surface area contributed by atoms with Gasteiger partial charge in [0.25, 0.3) is 11.8 Å². The number of nitrogens with one attached hydrogen (secondary N) is 2. The number of hydrogen-bond donors (Lipinski definition) is 2. The summed E-state index contributed by atoms with van der Waals surface area (Å²) in [5.41, 5.74) is 2.92. The second-order valence-corrected chi connectivity index (χ2v) is 6.00. The number of carbonyl (C=O) groups is 2. The van der Waals surface area contributed by atoms with Gasteiger partial charge in [-0.05, 0) is 55.0 Å². The van der Waals surface area contributed by atoms with Gasteiger partial charge in [0.2, 0.25) is 0 Å². The van der Waals surface area contributed by atoms with Crippen molar-refractivity contribution in [3.63, 3.8) is 0 Å². The van der Waals surface area contributed by atoms with Crippen LogP contribution in [0.2, 0.25) is 0 Å². The zero-order valence-corrected chi connectivity index (χ0v) is 15.2. The molecule has 5 nitrogen and oxygen atoms in total. The van der Waals surface area contributed by atoms with E-state index in [-0.39, 0.29) is 11.8 Å². The fourth-order valence-corrected chi connectivity index (χ4v) is 2.68. The first-order valence-electron chi connectivity index (χ1n) is 8.50. The van der Waals surface area contributed by atoms with Gasteiger partial charge in [-0.1, -0.05) is 30.3 Å². The summed E-state index contributed by atoms with van der Waals surface area (Å²) in [4.78, 5) is 25.3. The number of carbonyl (C=O) groups excluding carboxylic acids is 2. The number of rotatable bonds is 5. The van der Waals surface area contributed by atoms with Crippen LogP contribution in [0.5, 0.6) is 5.75 Å². The van der Waals surface area contributed by atoms with E-state index in [2.05, 4.69) is 10.6 Å². The molecule has 0 heterocycles. The van der Waals surface area contributed by atoms with Crippen molar-refractivity contribution in [2.45, 2.75) is 6.92 Å². The maximum Gasteiger partial charge on any atom is 0.257 e. The summed E-state index contributed by atoms with van der Waals surface area (Å²) < 4.78 is 5.11. The normalized spacial score (nSPS) is 10.1. The molecule has 0 aliphatic heterocycles. The van der Waals surface area contributed by atoms with Crippen molar-refractivity contribution >= 4 is 23.2 Å². The molecule has 0 fully saturated rings. The Kier molecular flexibility index (Phi) is 5.52. The van der Waals surface area contributed by atoms with Crippen molar-refractivity contribution < 1.29 is 14.3 Å². The fraction of sp³-hybridized carbons (Fsp3) is 0.0909. The van der Waals surface area contributed by atoms with Crippen LogP contribution in [0.3, 0.4) is 0 Å². The molecule has 5 heteroatoms. The Hall–Kier alpha value is -3.60. The maximum absolute atomic E-state index is 12.7. The van der Waals surface area contributed by atoms with Gasteiger partial charge in [-0.15, -0.1) is 0 Å². The largest absolute Gasteiger partial charge is 0.497 e. The zero-order chi connectivity index (χ0) is 19.2. The van der Waals surface area contributed by atoms with Crippen molar-refractivity contribution in [3.05, 3.63) is 89.5 Å². The summed E-state index contributed by atoms with van der Waals surface area (Å²) >= 11 is 0. The molecule has 27 heavy (non-hydrogen) atoms. The number of methoxy groups -OCH3 is 1. The molecule has 0 aliphatic rings. The van der Waals surface area contributed by atoms with E-state index >= 15 is 0 Å². The smallest absolute Gasteiger partial charge is 0.257 e. The summed E-state index contributed by atoms with van der Waals surface area (Å²) in [6.45, 7) is 1.87. The van der Waals surface area contributed by atoms with Gasteiger partial charge in [0, 0.05) is 11.3 Å². The van der Waals surface area contributed by atoms with E-state index in [9.17, 15) is 9.59 Å². The predicted octanol–water partition coefficient (Wildman–Crippen LogP) is 4.51. The zero-order valence-electron chi connectivity index (χ0n) is 15.2. The lowest BCUT2D eigenvalue weighted by molar-refractivity contribution is 0.102. The molecule has 0 unspecified atom stereocenters. The number of benzene rings is 3. The van der Waals surface area contributed by atoms with Gasteiger partial charge >= 0.3 is 0 Å². The van der Waals surface area contributed by atoms with Gasteiger partial charge < -0.3 is 15.4 Å². The van der Waals surface area contributed by atoms with Crippen LogP contribution in [0.4, 0.5) is 11.4 Å². The molecule has 3 rings (SSSR count). The Morgan fingerprint density at radius 3 is 2.00 bits per heavy atom. The fourth-order valence-electron chi connectivity index (χ4n) is 2.68. The lowest BCUT2D eigenvalue weighted by Gasteiger charge is -2.12. The third kappa shape index (κ3) is 4.33. The highest BCUT2D eigenvalue weighted by Gasteiger charge is 2.15. The van der Waals surface area contributed by atoms with Crippen molar-refractivity contribution in [1.29, 1.82) is 0 Å². The average molecular weight is 360 g/mol. The first kappa shape index (κ1) is 18.2. The number of para-hydroxylation sites is 1. The number of anilines is 2. The van der Waals surface area contributed by atoms with Crippen LogP contribution in [-0.4, -0.2) is 18.9 Å². The Balaban J connectivity index is 1.79. The van der Waals surface area contributed by atoms with Crippen LogP contribution in [0, 0.1) is 6.92 Å². The number of aryl methyl sites for hydroxylation is 1. The van der Waals surface area contributed by atoms with E-state index in [1.807, 2.05) is 25.1 Å². The molecule has 0 aromatic heterocycles. The lowest BCUT2D eigenvalue weighted by Crippen LogP contribution is -2.18. The van der Waals surface area contributed by atoms with Gasteiger partial charge in [0.05, 0.1) is 18.4 Å². The minimum atomic E-state index is -0.305. The predicted molar refractivity (Wildman–Crippen MR) is 107 cm³/mol. The molecule has 0 saturated heterocycles. The van der Waals surface area contributed by atoms with E-state index < -0.39 is 0 Å². The van der Waals surface area contributed by atoms with Crippen molar-refractivity contribution in [2.24, 2.45) is 0 Å².